The number of nitrogens with zero attached hydrogens (tertiary/aromatic N) is 1. The van der Waals surface area contributed by atoms with Crippen LogP contribution in [0.2, 0.25) is 0 Å². The molecule has 2 aromatic rings. The Balaban J connectivity index is 1.41. The van der Waals surface area contributed by atoms with Gasteiger partial charge in [-0.2, -0.15) is 13.2 Å². The van der Waals surface area contributed by atoms with Crippen LogP contribution < -0.4 is 10.1 Å². The molecule has 3 aliphatic rings. The number of halogens is 3. The second-order valence-electron chi connectivity index (χ2n) is 7.42. The predicted molar refractivity (Wildman–Crippen MR) is 98.7 cm³/mol. The number of aliphatic imine (C=N–C) groups is 1. The third kappa shape index (κ3) is 3.30. The molecule has 2 amide bonds. The van der Waals surface area contributed by atoms with Gasteiger partial charge in [-0.05, 0) is 53.8 Å². The van der Waals surface area contributed by atoms with Gasteiger partial charge in [0, 0.05) is 12.1 Å². The van der Waals surface area contributed by atoms with Crippen LogP contribution in [0.1, 0.15) is 40.6 Å². The number of benzene rings is 2. The van der Waals surface area contributed by atoms with Crippen LogP contribution in [0.4, 0.5) is 18.0 Å². The van der Waals surface area contributed by atoms with Crippen LogP contribution in [0.25, 0.3) is 0 Å². The van der Waals surface area contributed by atoms with Gasteiger partial charge in [0.2, 0.25) is 0 Å². The highest BCUT2D eigenvalue weighted by atomic mass is 19.4. The van der Waals surface area contributed by atoms with E-state index in [1.807, 2.05) is 0 Å². The van der Waals surface area contributed by atoms with Crippen LogP contribution in [0.3, 0.4) is 0 Å². The minimum absolute atomic E-state index is 0.267. The summed E-state index contributed by atoms with van der Waals surface area (Å²) < 4.78 is 51.2. The van der Waals surface area contributed by atoms with E-state index in [-0.39, 0.29) is 23.5 Å². The normalized spacial score (nSPS) is 24.4. The highest BCUT2D eigenvalue weighted by Crippen LogP contribution is 2.43. The molecule has 0 aromatic heterocycles. The molecule has 5 rings (SSSR count). The zero-order valence-corrected chi connectivity index (χ0v) is 15.4. The molecule has 1 aliphatic carbocycles. The monoisotopic (exact) mass is 416 g/mol. The largest absolute Gasteiger partial charge is 0.457 e. The lowest BCUT2D eigenvalue weighted by atomic mass is 9.95. The number of fused-ring (bicyclic) bond motifs is 1. The molecule has 2 aliphatic heterocycles. The fourth-order valence-corrected chi connectivity index (χ4v) is 4.02. The third-order valence-electron chi connectivity index (χ3n) is 5.50. The van der Waals surface area contributed by atoms with Crippen molar-refractivity contribution in [1.29, 1.82) is 0 Å². The Morgan fingerprint density at radius 1 is 1.13 bits per heavy atom. The van der Waals surface area contributed by atoms with Crippen molar-refractivity contribution in [2.75, 3.05) is 0 Å². The first-order valence-electron chi connectivity index (χ1n) is 9.36. The lowest BCUT2D eigenvalue weighted by Gasteiger charge is -2.17. The average molecular weight is 416 g/mol. The number of aryl methyl sites for hydroxylation is 1. The Morgan fingerprint density at radius 2 is 1.93 bits per heavy atom. The average Bonchev–Trinajstić information content (AvgIpc) is 3.37. The van der Waals surface area contributed by atoms with Crippen LogP contribution in [0, 0.1) is 0 Å². The molecule has 1 N–H and O–H groups in total. The Hall–Kier alpha value is -3.36. The van der Waals surface area contributed by atoms with Crippen molar-refractivity contribution >= 4 is 18.2 Å². The van der Waals surface area contributed by atoms with Crippen LogP contribution in [0.5, 0.6) is 11.5 Å². The van der Waals surface area contributed by atoms with E-state index in [1.165, 1.54) is 6.07 Å². The summed E-state index contributed by atoms with van der Waals surface area (Å²) in [7, 11) is 0. The molecule has 0 saturated carbocycles. The molecule has 6 nitrogen and oxygen atoms in total. The van der Waals surface area contributed by atoms with E-state index in [4.69, 9.17) is 9.47 Å². The summed E-state index contributed by atoms with van der Waals surface area (Å²) in [6.45, 7) is 0. The summed E-state index contributed by atoms with van der Waals surface area (Å²) in [5.41, 5.74) is 1.29. The summed E-state index contributed by atoms with van der Waals surface area (Å²) in [6.07, 6.45) is -3.45. The fraction of sp³-hybridized carbons (Fsp3) is 0.286. The zero-order chi connectivity index (χ0) is 21.0. The topological polar surface area (TPSA) is 77.0 Å². The van der Waals surface area contributed by atoms with Gasteiger partial charge in [-0.1, -0.05) is 12.1 Å². The molecule has 30 heavy (non-hydrogen) atoms. The zero-order valence-electron chi connectivity index (χ0n) is 15.4. The van der Waals surface area contributed by atoms with Crippen molar-refractivity contribution in [3.63, 3.8) is 0 Å². The number of alkyl carbamates (subject to hydrolysis) is 1. The van der Waals surface area contributed by atoms with Crippen molar-refractivity contribution in [3.8, 4) is 11.5 Å². The number of ether oxygens (including phenoxy) is 2. The first-order chi connectivity index (χ1) is 14.3. The van der Waals surface area contributed by atoms with Crippen LogP contribution in [-0.2, 0) is 22.1 Å². The number of nitrogens with one attached hydrogen (secondary N) is 1. The van der Waals surface area contributed by atoms with Gasteiger partial charge < -0.3 is 9.47 Å². The molecule has 3 atom stereocenters. The second-order valence-corrected chi connectivity index (χ2v) is 7.42. The minimum atomic E-state index is -4.57. The summed E-state index contributed by atoms with van der Waals surface area (Å²) >= 11 is 0. The maximum Gasteiger partial charge on any atom is 0.419 e. The quantitative estimate of drug-likeness (QED) is 0.807. The number of carbonyl (C=O) groups is 2. The van der Waals surface area contributed by atoms with E-state index in [9.17, 15) is 22.8 Å². The van der Waals surface area contributed by atoms with E-state index in [2.05, 4.69) is 10.3 Å². The summed E-state index contributed by atoms with van der Waals surface area (Å²) in [5.74, 6) is -0.787. The lowest BCUT2D eigenvalue weighted by Crippen LogP contribution is -2.28. The molecule has 1 fully saturated rings. The van der Waals surface area contributed by atoms with Crippen LogP contribution in [0.15, 0.2) is 41.4 Å². The van der Waals surface area contributed by atoms with E-state index in [0.717, 1.165) is 17.2 Å². The molecular weight excluding hydrogens is 401 g/mol. The van der Waals surface area contributed by atoms with Crippen LogP contribution >= 0.6 is 0 Å². The number of carbonyl (C=O) groups excluding carboxylic acids is 2. The summed E-state index contributed by atoms with van der Waals surface area (Å²) in [4.78, 5) is 27.1. The number of hydrogen-bond donors (Lipinski definition) is 1. The van der Waals surface area contributed by atoms with Gasteiger partial charge in [0.05, 0.1) is 5.56 Å². The van der Waals surface area contributed by atoms with E-state index >= 15 is 0 Å². The molecule has 9 heteroatoms. The predicted octanol–water partition coefficient (Wildman–Crippen LogP) is 4.29. The first kappa shape index (κ1) is 18.7. The Kier molecular flexibility index (Phi) is 4.09. The van der Waals surface area contributed by atoms with Crippen molar-refractivity contribution in [1.82, 2.24) is 5.32 Å². The molecule has 2 heterocycles. The summed E-state index contributed by atoms with van der Waals surface area (Å²) in [6, 6.07) is 8.58. The number of alkyl halides is 3. The maximum atomic E-state index is 13.5. The van der Waals surface area contributed by atoms with Crippen molar-refractivity contribution in [2.45, 2.75) is 37.1 Å². The molecule has 1 saturated heterocycles. The minimum Gasteiger partial charge on any atom is -0.457 e. The molecule has 2 aromatic carbocycles. The molecule has 2 unspecified atom stereocenters. The standard InChI is InChI=1S/C21H15F3N2O4/c22-21(23,24)15-8-11(16-9-25-16)2-6-17(15)29-12-3-5-13-10(7-12)1-4-14(13)18-19(27)26-20(28)30-18/h2-3,5-9,14,16,18H,1,4H2,(H,26,27,28)/t14-,16?,18?/m1/s1. The van der Waals surface area contributed by atoms with Crippen molar-refractivity contribution in [3.05, 3.63) is 58.7 Å². The molecule has 0 spiro atoms. The van der Waals surface area contributed by atoms with E-state index in [1.54, 1.807) is 30.5 Å². The SMILES string of the molecule is O=C1NC(=O)C([C@@H]2CCc3cc(Oc4ccc(C5C=N5)cc4C(F)(F)F)ccc32)O1. The van der Waals surface area contributed by atoms with Gasteiger partial charge in [0.25, 0.3) is 5.91 Å². The van der Waals surface area contributed by atoms with Crippen molar-refractivity contribution in [2.24, 2.45) is 4.99 Å². The smallest absolute Gasteiger partial charge is 0.419 e. The number of rotatable bonds is 4. The molecular formula is C21H15F3N2O4. The number of hydrogen-bond acceptors (Lipinski definition) is 5. The number of imide groups is 1. The molecule has 154 valence electrons. The van der Waals surface area contributed by atoms with Gasteiger partial charge in [-0.15, -0.1) is 0 Å². The fourth-order valence-electron chi connectivity index (χ4n) is 4.02. The molecule has 0 radical (unpaired) electrons. The van der Waals surface area contributed by atoms with E-state index in [0.29, 0.717) is 18.4 Å². The second kappa shape index (κ2) is 6.58. The van der Waals surface area contributed by atoms with Gasteiger partial charge in [0.1, 0.15) is 17.5 Å². The molecule has 0 bridgehead atoms. The maximum absolute atomic E-state index is 13.5. The Bertz CT molecular complexity index is 1090. The third-order valence-corrected chi connectivity index (χ3v) is 5.50. The number of amides is 2. The first-order valence-corrected chi connectivity index (χ1v) is 9.36. The highest BCUT2D eigenvalue weighted by Gasteiger charge is 2.42. The lowest BCUT2D eigenvalue weighted by molar-refractivity contribution is -0.138. The summed E-state index contributed by atoms with van der Waals surface area (Å²) in [5, 5.41) is 2.12. The van der Waals surface area contributed by atoms with E-state index < -0.39 is 29.8 Å². The highest BCUT2D eigenvalue weighted by molar-refractivity contribution is 6.00. The van der Waals surface area contributed by atoms with Gasteiger partial charge >= 0.3 is 12.3 Å². The number of cyclic esters (lactones) is 1. The Morgan fingerprint density at radius 3 is 2.60 bits per heavy atom. The van der Waals surface area contributed by atoms with Gasteiger partial charge in [-0.25, -0.2) is 4.79 Å². The van der Waals surface area contributed by atoms with Crippen LogP contribution in [-0.4, -0.2) is 24.3 Å². The Labute approximate surface area is 168 Å². The van der Waals surface area contributed by atoms with Crippen molar-refractivity contribution < 1.29 is 32.2 Å². The van der Waals surface area contributed by atoms with Gasteiger partial charge in [-0.3, -0.25) is 15.1 Å². The van der Waals surface area contributed by atoms with Gasteiger partial charge in [0.15, 0.2) is 6.10 Å².